The van der Waals surface area contributed by atoms with Crippen molar-refractivity contribution in [2.45, 2.75) is 78.1 Å². The second-order valence-electron chi connectivity index (χ2n) is 4.95. The van der Waals surface area contributed by atoms with Crippen LogP contribution in [0, 0.1) is 0 Å². The third-order valence-corrected chi connectivity index (χ3v) is 3.40. The molecule has 0 fully saturated rings. The topological polar surface area (TPSA) is 0 Å². The summed E-state index contributed by atoms with van der Waals surface area (Å²) in [5.74, 6) is 0. The number of rotatable bonds is 5. The average Bonchev–Trinajstić information content (AvgIpc) is 2.24. The molecule has 92 valence electrons. The molecule has 0 N–H and O–H groups in total. The maximum atomic E-state index is 2.52. The zero-order chi connectivity index (χ0) is 11.6. The van der Waals surface area contributed by atoms with Crippen molar-refractivity contribution in [3.63, 3.8) is 0 Å². The summed E-state index contributed by atoms with van der Waals surface area (Å²) in [6, 6.07) is 0. The minimum atomic E-state index is 1.26. The molecule has 0 spiro atoms. The van der Waals surface area contributed by atoms with E-state index in [0.29, 0.717) is 0 Å². The summed E-state index contributed by atoms with van der Waals surface area (Å²) in [4.78, 5) is 0. The summed E-state index contributed by atoms with van der Waals surface area (Å²) < 4.78 is 0. The standard InChI is InChI=1S/C16H28/c1-3-5-12-15(11-4-2)16-13-9-7-6-8-10-14-16/h12-13H,3-11,14H2,1-2H3/b15-12+,16-13+. The van der Waals surface area contributed by atoms with Crippen LogP contribution in [0.2, 0.25) is 0 Å². The molecule has 0 radical (unpaired) electrons. The van der Waals surface area contributed by atoms with Gasteiger partial charge in [-0.15, -0.1) is 0 Å². The zero-order valence-electron chi connectivity index (χ0n) is 11.2. The highest BCUT2D eigenvalue weighted by Gasteiger charge is 2.06. The molecule has 1 aliphatic carbocycles. The highest BCUT2D eigenvalue weighted by molar-refractivity contribution is 5.31. The van der Waals surface area contributed by atoms with Gasteiger partial charge in [0.2, 0.25) is 0 Å². The molecule has 0 aliphatic heterocycles. The molecule has 0 aromatic heterocycles. The number of allylic oxidation sites excluding steroid dienone is 4. The third-order valence-electron chi connectivity index (χ3n) is 3.40. The van der Waals surface area contributed by atoms with Gasteiger partial charge in [0.05, 0.1) is 0 Å². The van der Waals surface area contributed by atoms with Gasteiger partial charge >= 0.3 is 0 Å². The molecular formula is C16H28. The smallest absolute Gasteiger partial charge is 0.0279 e. The lowest BCUT2D eigenvalue weighted by atomic mass is 9.91. The van der Waals surface area contributed by atoms with Crippen LogP contribution in [0.15, 0.2) is 23.3 Å². The van der Waals surface area contributed by atoms with Gasteiger partial charge in [0.15, 0.2) is 0 Å². The first kappa shape index (κ1) is 13.5. The van der Waals surface area contributed by atoms with Crippen LogP contribution in [0.5, 0.6) is 0 Å². The van der Waals surface area contributed by atoms with Crippen molar-refractivity contribution in [1.82, 2.24) is 0 Å². The van der Waals surface area contributed by atoms with Gasteiger partial charge in [0, 0.05) is 0 Å². The van der Waals surface area contributed by atoms with Crippen LogP contribution in [0.25, 0.3) is 0 Å². The first-order valence-electron chi connectivity index (χ1n) is 7.27. The fourth-order valence-corrected chi connectivity index (χ4v) is 2.46. The van der Waals surface area contributed by atoms with Crippen LogP contribution in [0.3, 0.4) is 0 Å². The summed E-state index contributed by atoms with van der Waals surface area (Å²) in [5.41, 5.74) is 3.33. The minimum absolute atomic E-state index is 1.26. The predicted octanol–water partition coefficient (Wildman–Crippen LogP) is 5.79. The van der Waals surface area contributed by atoms with E-state index in [1.165, 1.54) is 64.2 Å². The molecule has 0 heteroatoms. The number of unbranched alkanes of at least 4 members (excludes halogenated alkanes) is 1. The minimum Gasteiger partial charge on any atom is -0.0811 e. The Morgan fingerprint density at radius 1 is 1.12 bits per heavy atom. The molecule has 0 saturated carbocycles. The molecule has 0 aromatic rings. The van der Waals surface area contributed by atoms with Gasteiger partial charge in [0.1, 0.15) is 0 Å². The van der Waals surface area contributed by atoms with Crippen molar-refractivity contribution in [1.29, 1.82) is 0 Å². The second-order valence-corrected chi connectivity index (χ2v) is 4.95. The van der Waals surface area contributed by atoms with E-state index in [1.54, 1.807) is 11.1 Å². The maximum Gasteiger partial charge on any atom is -0.0279 e. The average molecular weight is 220 g/mol. The van der Waals surface area contributed by atoms with E-state index in [1.807, 2.05) is 0 Å². The maximum absolute atomic E-state index is 2.52. The molecule has 0 amide bonds. The highest BCUT2D eigenvalue weighted by Crippen LogP contribution is 2.26. The number of hydrogen-bond donors (Lipinski definition) is 0. The van der Waals surface area contributed by atoms with Crippen molar-refractivity contribution in [3.8, 4) is 0 Å². The Labute approximate surface area is 102 Å². The molecule has 0 atom stereocenters. The predicted molar refractivity (Wildman–Crippen MR) is 73.7 cm³/mol. The molecule has 0 bridgehead atoms. The van der Waals surface area contributed by atoms with Crippen molar-refractivity contribution in [3.05, 3.63) is 23.3 Å². The first-order chi connectivity index (χ1) is 7.88. The summed E-state index contributed by atoms with van der Waals surface area (Å²) in [7, 11) is 0. The molecular weight excluding hydrogens is 192 g/mol. The van der Waals surface area contributed by atoms with E-state index >= 15 is 0 Å². The Bertz CT molecular complexity index is 226. The highest BCUT2D eigenvalue weighted by atomic mass is 14.1. The molecule has 0 saturated heterocycles. The van der Waals surface area contributed by atoms with Crippen molar-refractivity contribution < 1.29 is 0 Å². The van der Waals surface area contributed by atoms with E-state index in [9.17, 15) is 0 Å². The van der Waals surface area contributed by atoms with E-state index in [-0.39, 0.29) is 0 Å². The fourth-order valence-electron chi connectivity index (χ4n) is 2.46. The van der Waals surface area contributed by atoms with Gasteiger partial charge in [0.25, 0.3) is 0 Å². The summed E-state index contributed by atoms with van der Waals surface area (Å²) in [5, 5.41) is 0. The third kappa shape index (κ3) is 5.01. The van der Waals surface area contributed by atoms with Gasteiger partial charge < -0.3 is 0 Å². The summed E-state index contributed by atoms with van der Waals surface area (Å²) in [6.07, 6.45) is 18.4. The molecule has 0 aromatic carbocycles. The lowest BCUT2D eigenvalue weighted by molar-refractivity contribution is 0.624. The van der Waals surface area contributed by atoms with E-state index in [4.69, 9.17) is 0 Å². The molecule has 0 heterocycles. The van der Waals surface area contributed by atoms with Gasteiger partial charge in [-0.3, -0.25) is 0 Å². The van der Waals surface area contributed by atoms with Crippen molar-refractivity contribution in [2.24, 2.45) is 0 Å². The van der Waals surface area contributed by atoms with Crippen LogP contribution in [0.4, 0.5) is 0 Å². The molecule has 0 unspecified atom stereocenters. The van der Waals surface area contributed by atoms with Crippen LogP contribution in [-0.4, -0.2) is 0 Å². The van der Waals surface area contributed by atoms with Gasteiger partial charge in [-0.2, -0.15) is 0 Å². The van der Waals surface area contributed by atoms with Gasteiger partial charge in [-0.1, -0.05) is 51.7 Å². The number of hydrogen-bond acceptors (Lipinski definition) is 0. The summed E-state index contributed by atoms with van der Waals surface area (Å²) in [6.45, 7) is 4.57. The fraction of sp³-hybridized carbons (Fsp3) is 0.750. The Morgan fingerprint density at radius 2 is 1.94 bits per heavy atom. The molecule has 1 rings (SSSR count). The Balaban J connectivity index is 2.65. The Morgan fingerprint density at radius 3 is 2.69 bits per heavy atom. The van der Waals surface area contributed by atoms with Crippen LogP contribution in [0.1, 0.15) is 78.1 Å². The SMILES string of the molecule is CCC/C=C(CCC)/C1=C/CCCCCC1. The largest absolute Gasteiger partial charge is 0.0811 e. The van der Waals surface area contributed by atoms with E-state index in [2.05, 4.69) is 26.0 Å². The lowest BCUT2D eigenvalue weighted by Gasteiger charge is -2.15. The van der Waals surface area contributed by atoms with E-state index in [0.717, 1.165) is 0 Å². The Hall–Kier alpha value is -0.520. The first-order valence-corrected chi connectivity index (χ1v) is 7.27. The molecule has 16 heavy (non-hydrogen) atoms. The van der Waals surface area contributed by atoms with Crippen molar-refractivity contribution in [2.75, 3.05) is 0 Å². The normalized spacial score (nSPS) is 22.1. The van der Waals surface area contributed by atoms with Gasteiger partial charge in [-0.05, 0) is 49.7 Å². The van der Waals surface area contributed by atoms with Crippen LogP contribution in [-0.2, 0) is 0 Å². The van der Waals surface area contributed by atoms with Crippen LogP contribution >= 0.6 is 0 Å². The van der Waals surface area contributed by atoms with Gasteiger partial charge in [-0.25, -0.2) is 0 Å². The molecule has 0 nitrogen and oxygen atoms in total. The lowest BCUT2D eigenvalue weighted by Crippen LogP contribution is -1.95. The van der Waals surface area contributed by atoms with Crippen LogP contribution < -0.4 is 0 Å². The second kappa shape index (κ2) is 8.61. The monoisotopic (exact) mass is 220 g/mol. The van der Waals surface area contributed by atoms with E-state index < -0.39 is 0 Å². The Kier molecular flexibility index (Phi) is 7.29. The molecule has 1 aliphatic rings. The quantitative estimate of drug-likeness (QED) is 0.550. The summed E-state index contributed by atoms with van der Waals surface area (Å²) >= 11 is 0. The zero-order valence-corrected chi connectivity index (χ0v) is 11.2. The van der Waals surface area contributed by atoms with Crippen molar-refractivity contribution >= 4 is 0 Å².